The van der Waals surface area contributed by atoms with Crippen molar-refractivity contribution < 1.29 is 29.0 Å². The van der Waals surface area contributed by atoms with E-state index < -0.39 is 35.0 Å². The maximum absolute atomic E-state index is 14.3. The van der Waals surface area contributed by atoms with Gasteiger partial charge in [0.25, 0.3) is 0 Å². The van der Waals surface area contributed by atoms with E-state index in [4.69, 9.17) is 9.47 Å². The van der Waals surface area contributed by atoms with Crippen LogP contribution in [0.5, 0.6) is 0 Å². The van der Waals surface area contributed by atoms with Crippen molar-refractivity contribution in [1.82, 2.24) is 9.80 Å². The zero-order valence-corrected chi connectivity index (χ0v) is 21.6. The number of ether oxygens (including phenoxy) is 2. The highest BCUT2D eigenvalue weighted by Crippen LogP contribution is 2.64. The predicted molar refractivity (Wildman–Crippen MR) is 138 cm³/mol. The molecule has 8 nitrogen and oxygen atoms in total. The minimum Gasteiger partial charge on any atom is -0.465 e. The van der Waals surface area contributed by atoms with E-state index in [1.807, 2.05) is 37.3 Å². The van der Waals surface area contributed by atoms with Gasteiger partial charge in [0.05, 0.1) is 18.1 Å². The highest BCUT2D eigenvalue weighted by atomic mass is 16.6. The van der Waals surface area contributed by atoms with E-state index in [1.165, 1.54) is 0 Å². The van der Waals surface area contributed by atoms with Crippen molar-refractivity contribution in [2.75, 3.05) is 26.3 Å². The standard InChI is InChI=1S/C29H38N2O6/c1-4-7-19-36-27(35)23-22-25(33)31(17-11-18-32)24(29(22)15-14-28(23,6-3)37-29)26(34)30(16-5-2)20-21-12-9-8-10-13-21/h4-5,8-10,12-13,22-24,32H,1-2,6-7,11,14-20H2,3H3/t22-,23+,24?,28-,29?/m0/s1. The van der Waals surface area contributed by atoms with Crippen molar-refractivity contribution in [2.45, 2.75) is 62.8 Å². The molecule has 200 valence electrons. The van der Waals surface area contributed by atoms with Crippen molar-refractivity contribution in [2.24, 2.45) is 11.8 Å². The van der Waals surface area contributed by atoms with Crippen LogP contribution in [-0.4, -0.2) is 76.2 Å². The van der Waals surface area contributed by atoms with Gasteiger partial charge in [-0.25, -0.2) is 0 Å². The number of hydrogen-bond donors (Lipinski definition) is 1. The summed E-state index contributed by atoms with van der Waals surface area (Å²) in [6, 6.07) is 8.77. The van der Waals surface area contributed by atoms with E-state index in [1.54, 1.807) is 22.0 Å². The Kier molecular flexibility index (Phi) is 8.19. The highest BCUT2D eigenvalue weighted by molar-refractivity contribution is 5.98. The monoisotopic (exact) mass is 510 g/mol. The fourth-order valence-corrected chi connectivity index (χ4v) is 6.54. The molecule has 3 heterocycles. The lowest BCUT2D eigenvalue weighted by molar-refractivity contribution is -0.162. The summed E-state index contributed by atoms with van der Waals surface area (Å²) >= 11 is 0. The van der Waals surface area contributed by atoms with Gasteiger partial charge in [0.2, 0.25) is 11.8 Å². The summed E-state index contributed by atoms with van der Waals surface area (Å²) in [7, 11) is 0. The van der Waals surface area contributed by atoms with Gasteiger partial charge >= 0.3 is 5.97 Å². The zero-order chi connectivity index (χ0) is 26.6. The maximum atomic E-state index is 14.3. The molecule has 0 aliphatic carbocycles. The summed E-state index contributed by atoms with van der Waals surface area (Å²) in [6.07, 6.45) is 5.81. The van der Waals surface area contributed by atoms with Gasteiger partial charge < -0.3 is 24.4 Å². The molecule has 2 amide bonds. The van der Waals surface area contributed by atoms with Gasteiger partial charge in [-0.3, -0.25) is 14.4 Å². The molecular weight excluding hydrogens is 472 g/mol. The molecule has 8 heteroatoms. The molecule has 3 aliphatic heterocycles. The second-order valence-corrected chi connectivity index (χ2v) is 10.2. The Balaban J connectivity index is 1.72. The van der Waals surface area contributed by atoms with E-state index in [2.05, 4.69) is 13.2 Å². The second-order valence-electron chi connectivity index (χ2n) is 10.2. The maximum Gasteiger partial charge on any atom is 0.312 e. The molecule has 1 spiro atoms. The van der Waals surface area contributed by atoms with Gasteiger partial charge in [0, 0.05) is 26.2 Å². The number of carbonyl (C=O) groups excluding carboxylic acids is 3. The highest BCUT2D eigenvalue weighted by Gasteiger charge is 2.79. The van der Waals surface area contributed by atoms with Crippen LogP contribution in [0.3, 0.4) is 0 Å². The second kappa shape index (κ2) is 11.2. The van der Waals surface area contributed by atoms with Crippen molar-refractivity contribution in [3.63, 3.8) is 0 Å². The van der Waals surface area contributed by atoms with Crippen LogP contribution in [0.1, 0.15) is 44.6 Å². The molecule has 3 aliphatic rings. The van der Waals surface area contributed by atoms with Crippen LogP contribution < -0.4 is 0 Å². The minimum atomic E-state index is -1.11. The van der Waals surface area contributed by atoms with Crippen molar-refractivity contribution in [3.8, 4) is 0 Å². The third-order valence-corrected chi connectivity index (χ3v) is 8.17. The summed E-state index contributed by atoms with van der Waals surface area (Å²) in [4.78, 5) is 44.9. The van der Waals surface area contributed by atoms with Crippen molar-refractivity contribution in [1.29, 1.82) is 0 Å². The van der Waals surface area contributed by atoms with Crippen LogP contribution in [-0.2, 0) is 30.4 Å². The number of aliphatic hydroxyl groups is 1. The van der Waals surface area contributed by atoms with Crippen LogP contribution in [0, 0.1) is 11.8 Å². The topological polar surface area (TPSA) is 96.4 Å². The lowest BCUT2D eigenvalue weighted by atomic mass is 9.65. The molecule has 5 atom stereocenters. The first-order valence-corrected chi connectivity index (χ1v) is 13.2. The normalized spacial score (nSPS) is 29.7. The molecule has 1 N–H and O–H groups in total. The third-order valence-electron chi connectivity index (χ3n) is 8.17. The van der Waals surface area contributed by atoms with Crippen LogP contribution in [0.15, 0.2) is 55.6 Å². The van der Waals surface area contributed by atoms with Gasteiger partial charge in [-0.15, -0.1) is 13.2 Å². The lowest BCUT2D eigenvalue weighted by Gasteiger charge is -2.37. The smallest absolute Gasteiger partial charge is 0.312 e. The fourth-order valence-electron chi connectivity index (χ4n) is 6.54. The lowest BCUT2D eigenvalue weighted by Crippen LogP contribution is -2.56. The number of amides is 2. The number of likely N-dealkylation sites (tertiary alicyclic amines) is 1. The molecule has 0 radical (unpaired) electrons. The van der Waals surface area contributed by atoms with E-state index in [0.717, 1.165) is 5.56 Å². The van der Waals surface area contributed by atoms with Crippen molar-refractivity contribution >= 4 is 17.8 Å². The molecule has 2 unspecified atom stereocenters. The average molecular weight is 511 g/mol. The van der Waals surface area contributed by atoms with Crippen LogP contribution in [0.25, 0.3) is 0 Å². The van der Waals surface area contributed by atoms with E-state index in [9.17, 15) is 19.5 Å². The number of aliphatic hydroxyl groups excluding tert-OH is 1. The first-order chi connectivity index (χ1) is 17.9. The molecule has 0 saturated carbocycles. The first kappa shape index (κ1) is 27.1. The number of hydrogen-bond acceptors (Lipinski definition) is 6. The van der Waals surface area contributed by atoms with E-state index >= 15 is 0 Å². The Hall–Kier alpha value is -2.97. The Morgan fingerprint density at radius 3 is 2.65 bits per heavy atom. The van der Waals surface area contributed by atoms with Crippen LogP contribution in [0.4, 0.5) is 0 Å². The summed E-state index contributed by atoms with van der Waals surface area (Å²) < 4.78 is 12.3. The molecule has 1 aromatic carbocycles. The summed E-state index contributed by atoms with van der Waals surface area (Å²) in [5.74, 6) is -2.53. The van der Waals surface area contributed by atoms with Gasteiger partial charge in [0.15, 0.2) is 0 Å². The molecule has 4 rings (SSSR count). The summed E-state index contributed by atoms with van der Waals surface area (Å²) in [6.45, 7) is 10.4. The number of nitrogens with zero attached hydrogens (tertiary/aromatic N) is 2. The van der Waals surface area contributed by atoms with Gasteiger partial charge in [-0.2, -0.15) is 0 Å². The number of carbonyl (C=O) groups is 3. The van der Waals surface area contributed by atoms with E-state index in [-0.39, 0.29) is 31.6 Å². The fraction of sp³-hybridized carbons (Fsp3) is 0.552. The average Bonchev–Trinajstić information content (AvgIpc) is 3.51. The molecule has 37 heavy (non-hydrogen) atoms. The largest absolute Gasteiger partial charge is 0.465 e. The molecular formula is C29H38N2O6. The SMILES string of the molecule is C=CCCOC(=O)[C@H]1[C@H]2C(=O)N(CCCO)C(C(=O)N(CC=C)Cc3ccccc3)C23CC[C@]1(CC)O3. The Labute approximate surface area is 218 Å². The minimum absolute atomic E-state index is 0.116. The third kappa shape index (κ3) is 4.61. The number of rotatable bonds is 13. The molecule has 2 bridgehead atoms. The zero-order valence-electron chi connectivity index (χ0n) is 21.6. The number of esters is 1. The Morgan fingerprint density at radius 1 is 1.24 bits per heavy atom. The molecule has 1 aromatic rings. The molecule has 3 fully saturated rings. The molecule has 3 saturated heterocycles. The van der Waals surface area contributed by atoms with Crippen molar-refractivity contribution in [3.05, 3.63) is 61.2 Å². The van der Waals surface area contributed by atoms with Gasteiger partial charge in [-0.1, -0.05) is 49.4 Å². The van der Waals surface area contributed by atoms with Crippen LogP contribution in [0.2, 0.25) is 0 Å². The predicted octanol–water partition coefficient (Wildman–Crippen LogP) is 2.86. The number of benzene rings is 1. The number of fused-ring (bicyclic) bond motifs is 1. The van der Waals surface area contributed by atoms with E-state index in [0.29, 0.717) is 45.2 Å². The van der Waals surface area contributed by atoms with Gasteiger partial charge in [0.1, 0.15) is 17.6 Å². The Bertz CT molecular complexity index is 1030. The Morgan fingerprint density at radius 2 is 2.00 bits per heavy atom. The summed E-state index contributed by atoms with van der Waals surface area (Å²) in [5, 5.41) is 9.54. The van der Waals surface area contributed by atoms with Gasteiger partial charge in [-0.05, 0) is 37.7 Å². The summed E-state index contributed by atoms with van der Waals surface area (Å²) in [5.41, 5.74) is -0.989. The molecule has 0 aromatic heterocycles. The van der Waals surface area contributed by atoms with Crippen LogP contribution >= 0.6 is 0 Å². The quantitative estimate of drug-likeness (QED) is 0.249. The first-order valence-electron chi connectivity index (χ1n) is 13.2.